The summed E-state index contributed by atoms with van der Waals surface area (Å²) in [6, 6.07) is 5.64. The van der Waals surface area contributed by atoms with Gasteiger partial charge in [0.25, 0.3) is 5.91 Å². The van der Waals surface area contributed by atoms with Crippen molar-refractivity contribution in [2.75, 3.05) is 13.6 Å². The van der Waals surface area contributed by atoms with Crippen LogP contribution < -0.4 is 5.73 Å². The number of rotatable bonds is 4. The van der Waals surface area contributed by atoms with Crippen LogP contribution in [0.4, 0.5) is 0 Å². The number of carbonyl (C=O) groups is 1. The van der Waals surface area contributed by atoms with Crippen LogP contribution in [-0.4, -0.2) is 35.4 Å². The van der Waals surface area contributed by atoms with Crippen molar-refractivity contribution in [2.24, 2.45) is 16.8 Å². The predicted octanol–water partition coefficient (Wildman–Crippen LogP) is 2.05. The average molecular weight is 375 g/mol. The molecule has 0 saturated carbocycles. The molecule has 1 unspecified atom stereocenters. The molecule has 5 nitrogen and oxygen atoms in total. The zero-order chi connectivity index (χ0) is 14.6. The van der Waals surface area contributed by atoms with Gasteiger partial charge in [0.15, 0.2) is 0 Å². The molecule has 6 heteroatoms. The van der Waals surface area contributed by atoms with Crippen molar-refractivity contribution in [3.63, 3.8) is 0 Å². The number of oxime groups is 1. The first kappa shape index (κ1) is 15.7. The van der Waals surface area contributed by atoms with Crippen LogP contribution in [0.5, 0.6) is 0 Å². The summed E-state index contributed by atoms with van der Waals surface area (Å²) in [6.07, 6.45) is 0. The molecule has 0 aromatic heterocycles. The van der Waals surface area contributed by atoms with Gasteiger partial charge < -0.3 is 15.8 Å². The number of hydrogen-bond donors (Lipinski definition) is 2. The van der Waals surface area contributed by atoms with Crippen molar-refractivity contribution in [3.8, 4) is 0 Å². The first-order valence-corrected chi connectivity index (χ1v) is 6.94. The average Bonchev–Trinajstić information content (AvgIpc) is 2.39. The summed E-state index contributed by atoms with van der Waals surface area (Å²) in [5, 5.41) is 11.6. The Kier molecular flexibility index (Phi) is 5.59. The number of hydrogen-bond acceptors (Lipinski definition) is 3. The largest absolute Gasteiger partial charge is 0.409 e. The second-order valence-electron chi connectivity index (χ2n) is 4.55. The number of nitrogens with zero attached hydrogens (tertiary/aromatic N) is 2. The van der Waals surface area contributed by atoms with Gasteiger partial charge in [-0.3, -0.25) is 4.79 Å². The molecule has 104 valence electrons. The first-order chi connectivity index (χ1) is 8.88. The molecule has 0 spiro atoms. The lowest BCUT2D eigenvalue weighted by Gasteiger charge is -2.21. The summed E-state index contributed by atoms with van der Waals surface area (Å²) >= 11 is 2.17. The molecule has 1 aromatic rings. The maximum absolute atomic E-state index is 12.3. The molecule has 0 heterocycles. The fourth-order valence-corrected chi connectivity index (χ4v) is 2.29. The molecule has 0 fully saturated rings. The smallest absolute Gasteiger partial charge is 0.254 e. The van der Waals surface area contributed by atoms with Gasteiger partial charge in [-0.05, 0) is 41.1 Å². The van der Waals surface area contributed by atoms with Gasteiger partial charge in [-0.15, -0.1) is 0 Å². The Morgan fingerprint density at radius 1 is 1.58 bits per heavy atom. The van der Waals surface area contributed by atoms with E-state index in [0.29, 0.717) is 12.1 Å². The number of amides is 1. The summed E-state index contributed by atoms with van der Waals surface area (Å²) in [7, 11) is 1.71. The van der Waals surface area contributed by atoms with Crippen molar-refractivity contribution in [3.05, 3.63) is 32.9 Å². The molecule has 1 atom stereocenters. The van der Waals surface area contributed by atoms with Gasteiger partial charge in [0.2, 0.25) is 0 Å². The number of aryl methyl sites for hydroxylation is 1. The standard InChI is InChI=1S/C13H18IN3O2/c1-8-5-4-6-10(11(8)14)13(18)17(3)7-9(2)12(15)16-19/h4-6,9,19H,7H2,1-3H3,(H2,15,16). The highest BCUT2D eigenvalue weighted by Gasteiger charge is 2.19. The number of benzene rings is 1. The summed E-state index contributed by atoms with van der Waals surface area (Å²) in [5.41, 5.74) is 7.27. The minimum absolute atomic E-state index is 0.0642. The third kappa shape index (κ3) is 3.82. The molecule has 0 bridgehead atoms. The van der Waals surface area contributed by atoms with E-state index in [1.807, 2.05) is 25.1 Å². The SMILES string of the molecule is Cc1cccc(C(=O)N(C)CC(C)/C(N)=N/O)c1I. The first-order valence-electron chi connectivity index (χ1n) is 5.86. The molecule has 0 saturated heterocycles. The molecule has 1 amide bonds. The van der Waals surface area contributed by atoms with Gasteiger partial charge in [0.05, 0.1) is 5.56 Å². The van der Waals surface area contributed by atoms with E-state index in [-0.39, 0.29) is 17.7 Å². The van der Waals surface area contributed by atoms with Crippen molar-refractivity contribution < 1.29 is 10.0 Å². The van der Waals surface area contributed by atoms with E-state index in [1.54, 1.807) is 18.9 Å². The van der Waals surface area contributed by atoms with Crippen LogP contribution >= 0.6 is 22.6 Å². The topological polar surface area (TPSA) is 78.9 Å². The zero-order valence-electron chi connectivity index (χ0n) is 11.2. The number of carbonyl (C=O) groups excluding carboxylic acids is 1. The zero-order valence-corrected chi connectivity index (χ0v) is 13.4. The summed E-state index contributed by atoms with van der Waals surface area (Å²) in [4.78, 5) is 13.9. The minimum Gasteiger partial charge on any atom is -0.409 e. The van der Waals surface area contributed by atoms with Gasteiger partial charge in [-0.2, -0.15) is 0 Å². The van der Waals surface area contributed by atoms with Gasteiger partial charge in [0.1, 0.15) is 5.84 Å². The fourth-order valence-electron chi connectivity index (χ4n) is 1.70. The van der Waals surface area contributed by atoms with Gasteiger partial charge >= 0.3 is 0 Å². The number of nitrogens with two attached hydrogens (primary N) is 1. The van der Waals surface area contributed by atoms with E-state index in [4.69, 9.17) is 10.9 Å². The summed E-state index contributed by atoms with van der Waals surface area (Å²) in [5.74, 6) is -0.134. The maximum Gasteiger partial charge on any atom is 0.254 e. The quantitative estimate of drug-likeness (QED) is 0.278. The van der Waals surface area contributed by atoms with Gasteiger partial charge in [0, 0.05) is 23.1 Å². The summed E-state index contributed by atoms with van der Waals surface area (Å²) < 4.78 is 0.952. The van der Waals surface area contributed by atoms with Crippen LogP contribution in [0.2, 0.25) is 0 Å². The number of amidine groups is 1. The van der Waals surface area contributed by atoms with Crippen LogP contribution in [0.1, 0.15) is 22.8 Å². The van der Waals surface area contributed by atoms with Crippen molar-refractivity contribution in [2.45, 2.75) is 13.8 Å². The van der Waals surface area contributed by atoms with E-state index in [0.717, 1.165) is 9.13 Å². The second kappa shape index (κ2) is 6.74. The molecular weight excluding hydrogens is 357 g/mol. The predicted molar refractivity (Wildman–Crippen MR) is 83.4 cm³/mol. The highest BCUT2D eigenvalue weighted by molar-refractivity contribution is 14.1. The van der Waals surface area contributed by atoms with E-state index < -0.39 is 0 Å². The minimum atomic E-state index is -0.193. The molecule has 0 radical (unpaired) electrons. The van der Waals surface area contributed by atoms with Crippen LogP contribution in [0.25, 0.3) is 0 Å². The van der Waals surface area contributed by atoms with Crippen LogP contribution in [0.3, 0.4) is 0 Å². The molecule has 0 aliphatic carbocycles. The molecule has 3 N–H and O–H groups in total. The van der Waals surface area contributed by atoms with E-state index in [1.165, 1.54) is 0 Å². The lowest BCUT2D eigenvalue weighted by molar-refractivity contribution is 0.0785. The molecule has 19 heavy (non-hydrogen) atoms. The molecular formula is C13H18IN3O2. The summed E-state index contributed by atoms with van der Waals surface area (Å²) in [6.45, 7) is 4.18. The normalized spacial score (nSPS) is 13.2. The van der Waals surface area contributed by atoms with Crippen molar-refractivity contribution >= 4 is 34.3 Å². The number of halogens is 1. The van der Waals surface area contributed by atoms with Crippen molar-refractivity contribution in [1.29, 1.82) is 0 Å². The van der Waals surface area contributed by atoms with E-state index in [2.05, 4.69) is 27.7 Å². The molecule has 0 aliphatic rings. The van der Waals surface area contributed by atoms with Crippen LogP contribution in [0, 0.1) is 16.4 Å². The Labute approximate surface area is 126 Å². The Bertz CT molecular complexity index is 503. The Morgan fingerprint density at radius 3 is 2.79 bits per heavy atom. The second-order valence-corrected chi connectivity index (χ2v) is 5.63. The lowest BCUT2D eigenvalue weighted by atomic mass is 10.1. The Hall–Kier alpha value is -1.31. The van der Waals surface area contributed by atoms with Crippen molar-refractivity contribution in [1.82, 2.24) is 4.90 Å². The molecule has 1 aromatic carbocycles. The maximum atomic E-state index is 12.3. The Balaban J connectivity index is 2.86. The fraction of sp³-hybridized carbons (Fsp3) is 0.385. The van der Waals surface area contributed by atoms with Gasteiger partial charge in [-0.1, -0.05) is 24.2 Å². The highest BCUT2D eigenvalue weighted by atomic mass is 127. The molecule has 1 rings (SSSR count). The lowest BCUT2D eigenvalue weighted by Crippen LogP contribution is -2.36. The van der Waals surface area contributed by atoms with Crippen LogP contribution in [0.15, 0.2) is 23.4 Å². The highest BCUT2D eigenvalue weighted by Crippen LogP contribution is 2.18. The molecule has 0 aliphatic heterocycles. The van der Waals surface area contributed by atoms with E-state index in [9.17, 15) is 4.79 Å². The third-order valence-corrected chi connectivity index (χ3v) is 4.37. The monoisotopic (exact) mass is 375 g/mol. The Morgan fingerprint density at radius 2 is 2.21 bits per heavy atom. The van der Waals surface area contributed by atoms with Crippen LogP contribution in [-0.2, 0) is 0 Å². The third-order valence-electron chi connectivity index (χ3n) is 2.94. The van der Waals surface area contributed by atoms with Gasteiger partial charge in [-0.25, -0.2) is 0 Å². The van der Waals surface area contributed by atoms with E-state index >= 15 is 0 Å².